The van der Waals surface area contributed by atoms with E-state index >= 15 is 0 Å². The van der Waals surface area contributed by atoms with Crippen molar-refractivity contribution in [2.24, 2.45) is 0 Å². The van der Waals surface area contributed by atoms with Crippen molar-refractivity contribution in [1.82, 2.24) is 5.32 Å². The quantitative estimate of drug-likeness (QED) is 0.657. The zero-order valence-corrected chi connectivity index (χ0v) is 12.2. The number of phenolic OH excluding ortho intramolecular Hbond substituents is 1. The first-order chi connectivity index (χ1) is 10.6. The second-order valence-corrected chi connectivity index (χ2v) is 4.69. The highest BCUT2D eigenvalue weighted by Crippen LogP contribution is 2.13. The van der Waals surface area contributed by atoms with Gasteiger partial charge in [-0.1, -0.05) is 31.2 Å². The molecule has 22 heavy (non-hydrogen) atoms. The number of phenols is 1. The molecule has 2 aromatic carbocycles. The number of esters is 1. The maximum atomic E-state index is 12.0. The molecule has 0 aliphatic heterocycles. The summed E-state index contributed by atoms with van der Waals surface area (Å²) in [5.41, 5.74) is 0.724. The molecule has 114 valence electrons. The standard InChI is InChI=1S/C17H17NO4/c1-2-15(18-16(20)12-7-4-3-5-8-12)22-17(21)13-9-6-10-14(19)11-13/h3-11,15,19H,2H2,1H3,(H,18,20). The van der Waals surface area contributed by atoms with Crippen LogP contribution in [0, 0.1) is 0 Å². The largest absolute Gasteiger partial charge is 0.508 e. The summed E-state index contributed by atoms with van der Waals surface area (Å²) >= 11 is 0. The fourth-order valence-electron chi connectivity index (χ4n) is 1.86. The van der Waals surface area contributed by atoms with Gasteiger partial charge in [0.25, 0.3) is 5.91 Å². The molecule has 0 spiro atoms. The predicted octanol–water partition coefficient (Wildman–Crippen LogP) is 2.72. The molecule has 2 rings (SSSR count). The Labute approximate surface area is 128 Å². The van der Waals surface area contributed by atoms with Gasteiger partial charge in [0.2, 0.25) is 0 Å². The number of rotatable bonds is 5. The monoisotopic (exact) mass is 299 g/mol. The van der Waals surface area contributed by atoms with Crippen LogP contribution in [0.15, 0.2) is 54.6 Å². The van der Waals surface area contributed by atoms with Crippen LogP contribution in [0.1, 0.15) is 34.1 Å². The van der Waals surface area contributed by atoms with Crippen LogP contribution in [0.25, 0.3) is 0 Å². The Morgan fingerprint density at radius 2 is 1.77 bits per heavy atom. The fraction of sp³-hybridized carbons (Fsp3) is 0.176. The van der Waals surface area contributed by atoms with Gasteiger partial charge in [0.15, 0.2) is 6.23 Å². The van der Waals surface area contributed by atoms with E-state index in [4.69, 9.17) is 4.74 Å². The van der Waals surface area contributed by atoms with Gasteiger partial charge in [-0.2, -0.15) is 0 Å². The third kappa shape index (κ3) is 4.09. The van der Waals surface area contributed by atoms with Crippen molar-refractivity contribution in [1.29, 1.82) is 0 Å². The summed E-state index contributed by atoms with van der Waals surface area (Å²) < 4.78 is 5.25. The molecule has 0 aromatic heterocycles. The number of hydrogen-bond donors (Lipinski definition) is 2. The topological polar surface area (TPSA) is 75.6 Å². The van der Waals surface area contributed by atoms with Crippen LogP contribution in [0.5, 0.6) is 5.75 Å². The van der Waals surface area contributed by atoms with Crippen molar-refractivity contribution < 1.29 is 19.4 Å². The van der Waals surface area contributed by atoms with Crippen LogP contribution in [0.2, 0.25) is 0 Å². The molecule has 5 nitrogen and oxygen atoms in total. The number of hydrogen-bond acceptors (Lipinski definition) is 4. The molecule has 1 atom stereocenters. The summed E-state index contributed by atoms with van der Waals surface area (Å²) in [4.78, 5) is 24.0. The molecule has 1 unspecified atom stereocenters. The van der Waals surface area contributed by atoms with Crippen LogP contribution in [-0.4, -0.2) is 23.2 Å². The van der Waals surface area contributed by atoms with Gasteiger partial charge < -0.3 is 15.2 Å². The van der Waals surface area contributed by atoms with Crippen LogP contribution in [-0.2, 0) is 4.74 Å². The van der Waals surface area contributed by atoms with Gasteiger partial charge >= 0.3 is 5.97 Å². The Morgan fingerprint density at radius 3 is 2.41 bits per heavy atom. The van der Waals surface area contributed by atoms with Crippen molar-refractivity contribution in [3.63, 3.8) is 0 Å². The molecule has 0 aliphatic rings. The van der Waals surface area contributed by atoms with Crippen LogP contribution >= 0.6 is 0 Å². The number of ether oxygens (including phenoxy) is 1. The molecule has 0 fully saturated rings. The highest BCUT2D eigenvalue weighted by atomic mass is 16.6. The molecule has 0 radical (unpaired) electrons. The first-order valence-corrected chi connectivity index (χ1v) is 6.96. The molecular weight excluding hydrogens is 282 g/mol. The van der Waals surface area contributed by atoms with Crippen LogP contribution < -0.4 is 5.32 Å². The summed E-state index contributed by atoms with van der Waals surface area (Å²) in [5.74, 6) is -0.928. The lowest BCUT2D eigenvalue weighted by Crippen LogP contribution is -2.37. The molecule has 0 heterocycles. The van der Waals surface area contributed by atoms with Gasteiger partial charge in [-0.15, -0.1) is 0 Å². The number of amides is 1. The van der Waals surface area contributed by atoms with E-state index in [-0.39, 0.29) is 17.2 Å². The summed E-state index contributed by atoms with van der Waals surface area (Å²) in [7, 11) is 0. The minimum Gasteiger partial charge on any atom is -0.508 e. The number of aromatic hydroxyl groups is 1. The maximum absolute atomic E-state index is 12.0. The Bertz CT molecular complexity index is 655. The van der Waals surface area contributed by atoms with Gasteiger partial charge in [0.05, 0.1) is 5.56 Å². The van der Waals surface area contributed by atoms with Crippen LogP contribution in [0.4, 0.5) is 0 Å². The highest BCUT2D eigenvalue weighted by Gasteiger charge is 2.17. The Balaban J connectivity index is 2.00. The van der Waals surface area contributed by atoms with Crippen LogP contribution in [0.3, 0.4) is 0 Å². The molecule has 0 saturated carbocycles. The van der Waals surface area contributed by atoms with Crippen molar-refractivity contribution in [3.8, 4) is 5.75 Å². The fourth-order valence-corrected chi connectivity index (χ4v) is 1.86. The van der Waals surface area contributed by atoms with Gasteiger partial charge in [-0.25, -0.2) is 4.79 Å². The van der Waals surface area contributed by atoms with E-state index < -0.39 is 12.2 Å². The third-order valence-corrected chi connectivity index (χ3v) is 3.03. The normalized spacial score (nSPS) is 11.5. The first-order valence-electron chi connectivity index (χ1n) is 6.96. The molecule has 2 aromatic rings. The van der Waals surface area contributed by atoms with Gasteiger partial charge in [-0.3, -0.25) is 4.79 Å². The van der Waals surface area contributed by atoms with E-state index in [1.54, 1.807) is 37.3 Å². The highest BCUT2D eigenvalue weighted by molar-refractivity contribution is 5.94. The summed E-state index contributed by atoms with van der Waals surface area (Å²) in [6.45, 7) is 1.80. The van der Waals surface area contributed by atoms with Gasteiger partial charge in [0, 0.05) is 12.0 Å². The van der Waals surface area contributed by atoms with Gasteiger partial charge in [-0.05, 0) is 30.3 Å². The van der Waals surface area contributed by atoms with E-state index in [1.165, 1.54) is 18.2 Å². The van der Waals surface area contributed by atoms with Crippen molar-refractivity contribution in [2.75, 3.05) is 0 Å². The second-order valence-electron chi connectivity index (χ2n) is 4.69. The van der Waals surface area contributed by atoms with Crippen molar-refractivity contribution in [2.45, 2.75) is 19.6 Å². The molecule has 2 N–H and O–H groups in total. The zero-order chi connectivity index (χ0) is 15.9. The Hall–Kier alpha value is -2.82. The first kappa shape index (κ1) is 15.6. The smallest absolute Gasteiger partial charge is 0.340 e. The average molecular weight is 299 g/mol. The lowest BCUT2D eigenvalue weighted by molar-refractivity contribution is 0.0206. The van der Waals surface area contributed by atoms with E-state index in [2.05, 4.69) is 5.32 Å². The summed E-state index contributed by atoms with van der Waals surface area (Å²) in [6, 6.07) is 14.6. The molecule has 0 aliphatic carbocycles. The predicted molar refractivity (Wildman–Crippen MR) is 81.5 cm³/mol. The summed E-state index contributed by atoms with van der Waals surface area (Å²) in [5, 5.41) is 12.0. The van der Waals surface area contributed by atoms with E-state index in [1.807, 2.05) is 6.07 Å². The molecular formula is C17H17NO4. The maximum Gasteiger partial charge on any atom is 0.340 e. The number of carbonyl (C=O) groups excluding carboxylic acids is 2. The molecule has 5 heteroatoms. The zero-order valence-electron chi connectivity index (χ0n) is 12.2. The minimum atomic E-state index is -0.734. The lowest BCUT2D eigenvalue weighted by Gasteiger charge is -2.17. The molecule has 1 amide bonds. The van der Waals surface area contributed by atoms with E-state index in [0.717, 1.165) is 0 Å². The number of benzene rings is 2. The van der Waals surface area contributed by atoms with Crippen molar-refractivity contribution in [3.05, 3.63) is 65.7 Å². The SMILES string of the molecule is CCC(NC(=O)c1ccccc1)OC(=O)c1cccc(O)c1. The Morgan fingerprint density at radius 1 is 1.09 bits per heavy atom. The van der Waals surface area contributed by atoms with Gasteiger partial charge in [0.1, 0.15) is 5.75 Å². The average Bonchev–Trinajstić information content (AvgIpc) is 2.54. The molecule has 0 bridgehead atoms. The second kappa shape index (κ2) is 7.26. The van der Waals surface area contributed by atoms with E-state index in [0.29, 0.717) is 12.0 Å². The van der Waals surface area contributed by atoms with Crippen molar-refractivity contribution >= 4 is 11.9 Å². The molecule has 0 saturated heterocycles. The third-order valence-electron chi connectivity index (χ3n) is 3.03. The Kier molecular flexibility index (Phi) is 5.14. The number of nitrogens with one attached hydrogen (secondary N) is 1. The lowest BCUT2D eigenvalue weighted by atomic mass is 10.2. The van der Waals surface area contributed by atoms with E-state index in [9.17, 15) is 14.7 Å². The minimum absolute atomic E-state index is 0.0178. The number of carbonyl (C=O) groups is 2. The summed E-state index contributed by atoms with van der Waals surface area (Å²) in [6.07, 6.45) is -0.300.